The average Bonchev–Trinajstić information content (AvgIpc) is 2.54. The standard InChI is InChI=1S/C18H18N4O/c1-13-18(21-17-7-3-2-6-16(17)20-13)22-10-14(11-22)12-23-15-5-4-8-19-9-15/h2-9,14H,10-12H2,1H3. The van der Waals surface area contributed by atoms with Crippen LogP contribution in [0.3, 0.4) is 0 Å². The molecule has 23 heavy (non-hydrogen) atoms. The van der Waals surface area contributed by atoms with E-state index in [1.807, 2.05) is 43.3 Å². The normalized spacial score (nSPS) is 14.7. The Hall–Kier alpha value is -2.69. The molecule has 116 valence electrons. The molecule has 1 saturated heterocycles. The molecule has 0 spiro atoms. The van der Waals surface area contributed by atoms with Crippen LogP contribution in [0, 0.1) is 12.8 Å². The minimum atomic E-state index is 0.517. The molecule has 4 rings (SSSR count). The van der Waals surface area contributed by atoms with Gasteiger partial charge in [-0.1, -0.05) is 12.1 Å². The third-order valence-corrected chi connectivity index (χ3v) is 4.10. The number of rotatable bonds is 4. The van der Waals surface area contributed by atoms with Crippen LogP contribution in [0.1, 0.15) is 5.69 Å². The monoisotopic (exact) mass is 306 g/mol. The van der Waals surface area contributed by atoms with Crippen LogP contribution in [0.4, 0.5) is 5.82 Å². The highest BCUT2D eigenvalue weighted by Crippen LogP contribution is 2.27. The van der Waals surface area contributed by atoms with E-state index in [-0.39, 0.29) is 0 Å². The molecule has 3 aromatic rings. The Kier molecular flexibility index (Phi) is 3.54. The van der Waals surface area contributed by atoms with Crippen molar-refractivity contribution in [2.45, 2.75) is 6.92 Å². The first-order chi connectivity index (χ1) is 11.3. The van der Waals surface area contributed by atoms with E-state index in [0.717, 1.165) is 41.4 Å². The number of aromatic nitrogens is 3. The molecule has 0 saturated carbocycles. The van der Waals surface area contributed by atoms with Crippen LogP contribution in [0.5, 0.6) is 5.75 Å². The SMILES string of the molecule is Cc1nc2ccccc2nc1N1CC(COc2cccnc2)C1. The quantitative estimate of drug-likeness (QED) is 0.742. The van der Waals surface area contributed by atoms with Gasteiger partial charge >= 0.3 is 0 Å². The number of nitrogens with zero attached hydrogens (tertiary/aromatic N) is 4. The summed E-state index contributed by atoms with van der Waals surface area (Å²) in [5, 5.41) is 0. The van der Waals surface area contributed by atoms with Gasteiger partial charge in [-0.15, -0.1) is 0 Å². The Bertz CT molecular complexity index is 816. The minimum absolute atomic E-state index is 0.517. The van der Waals surface area contributed by atoms with Crippen LogP contribution >= 0.6 is 0 Å². The summed E-state index contributed by atoms with van der Waals surface area (Å²) in [5.74, 6) is 2.33. The molecular formula is C18H18N4O. The third kappa shape index (κ3) is 2.82. The van der Waals surface area contributed by atoms with Gasteiger partial charge in [0, 0.05) is 25.2 Å². The summed E-state index contributed by atoms with van der Waals surface area (Å²) in [6.07, 6.45) is 3.49. The van der Waals surface area contributed by atoms with E-state index in [0.29, 0.717) is 12.5 Å². The molecule has 0 unspecified atom stereocenters. The maximum atomic E-state index is 5.77. The van der Waals surface area contributed by atoms with Gasteiger partial charge in [0.25, 0.3) is 0 Å². The summed E-state index contributed by atoms with van der Waals surface area (Å²) in [5.41, 5.74) is 2.88. The lowest BCUT2D eigenvalue weighted by atomic mass is 10.0. The molecule has 2 aromatic heterocycles. The zero-order valence-electron chi connectivity index (χ0n) is 13.0. The number of fused-ring (bicyclic) bond motifs is 1. The van der Waals surface area contributed by atoms with Gasteiger partial charge in [0.1, 0.15) is 5.75 Å². The molecule has 0 bridgehead atoms. The number of anilines is 1. The Morgan fingerprint density at radius 1 is 1.09 bits per heavy atom. The van der Waals surface area contributed by atoms with Crippen molar-refractivity contribution in [1.82, 2.24) is 15.0 Å². The lowest BCUT2D eigenvalue weighted by molar-refractivity contribution is 0.219. The fourth-order valence-electron chi connectivity index (χ4n) is 2.87. The Labute approximate surface area is 135 Å². The van der Waals surface area contributed by atoms with Crippen LogP contribution in [0.25, 0.3) is 11.0 Å². The van der Waals surface area contributed by atoms with Gasteiger partial charge in [-0.25, -0.2) is 9.97 Å². The van der Waals surface area contributed by atoms with Crippen molar-refractivity contribution in [3.63, 3.8) is 0 Å². The van der Waals surface area contributed by atoms with Crippen LogP contribution in [0.2, 0.25) is 0 Å². The third-order valence-electron chi connectivity index (χ3n) is 4.10. The first kappa shape index (κ1) is 13.9. The molecule has 5 heteroatoms. The van der Waals surface area contributed by atoms with E-state index >= 15 is 0 Å². The van der Waals surface area contributed by atoms with Gasteiger partial charge in [-0.05, 0) is 31.2 Å². The predicted octanol–water partition coefficient (Wildman–Crippen LogP) is 2.85. The van der Waals surface area contributed by atoms with Gasteiger partial charge in [-0.2, -0.15) is 0 Å². The van der Waals surface area contributed by atoms with Crippen molar-refractivity contribution in [2.75, 3.05) is 24.6 Å². The first-order valence-corrected chi connectivity index (χ1v) is 7.81. The topological polar surface area (TPSA) is 51.1 Å². The molecule has 0 N–H and O–H groups in total. The van der Waals surface area contributed by atoms with Crippen LogP contribution in [-0.4, -0.2) is 34.6 Å². The highest BCUT2D eigenvalue weighted by Gasteiger charge is 2.29. The zero-order valence-corrected chi connectivity index (χ0v) is 13.0. The number of pyridine rings is 1. The number of ether oxygens (including phenoxy) is 1. The second-order valence-electron chi connectivity index (χ2n) is 5.89. The molecule has 1 aliphatic rings. The molecule has 1 aliphatic heterocycles. The summed E-state index contributed by atoms with van der Waals surface area (Å²) < 4.78 is 5.77. The molecule has 1 fully saturated rings. The molecule has 0 atom stereocenters. The predicted molar refractivity (Wildman–Crippen MR) is 89.7 cm³/mol. The van der Waals surface area contributed by atoms with Gasteiger partial charge < -0.3 is 9.64 Å². The summed E-state index contributed by atoms with van der Waals surface area (Å²) >= 11 is 0. The van der Waals surface area contributed by atoms with E-state index in [1.54, 1.807) is 12.4 Å². The molecule has 3 heterocycles. The van der Waals surface area contributed by atoms with Crippen molar-refractivity contribution in [3.05, 3.63) is 54.5 Å². The highest BCUT2D eigenvalue weighted by atomic mass is 16.5. The summed E-state index contributed by atoms with van der Waals surface area (Å²) in [4.78, 5) is 15.7. The summed E-state index contributed by atoms with van der Waals surface area (Å²) in [6.45, 7) is 4.64. The number of benzene rings is 1. The maximum Gasteiger partial charge on any atom is 0.150 e. The van der Waals surface area contributed by atoms with Gasteiger partial charge in [0.05, 0.1) is 29.5 Å². The Balaban J connectivity index is 1.41. The van der Waals surface area contributed by atoms with Crippen LogP contribution in [0.15, 0.2) is 48.8 Å². The van der Waals surface area contributed by atoms with E-state index < -0.39 is 0 Å². The van der Waals surface area contributed by atoms with Crippen molar-refractivity contribution < 1.29 is 4.74 Å². The van der Waals surface area contributed by atoms with Crippen molar-refractivity contribution >= 4 is 16.9 Å². The molecule has 0 amide bonds. The number of hydrogen-bond acceptors (Lipinski definition) is 5. The largest absolute Gasteiger partial charge is 0.492 e. The summed E-state index contributed by atoms with van der Waals surface area (Å²) in [6, 6.07) is 11.8. The van der Waals surface area contributed by atoms with E-state index in [1.165, 1.54) is 0 Å². The smallest absolute Gasteiger partial charge is 0.150 e. The van der Waals surface area contributed by atoms with Gasteiger partial charge in [-0.3, -0.25) is 4.98 Å². The van der Waals surface area contributed by atoms with Crippen LogP contribution < -0.4 is 9.64 Å². The Morgan fingerprint density at radius 3 is 2.61 bits per heavy atom. The van der Waals surface area contributed by atoms with Crippen molar-refractivity contribution in [3.8, 4) is 5.75 Å². The zero-order chi connectivity index (χ0) is 15.6. The van der Waals surface area contributed by atoms with Crippen molar-refractivity contribution in [1.29, 1.82) is 0 Å². The highest BCUT2D eigenvalue weighted by molar-refractivity contribution is 5.76. The van der Waals surface area contributed by atoms with E-state index in [9.17, 15) is 0 Å². The fraction of sp³-hybridized carbons (Fsp3) is 0.278. The number of para-hydroxylation sites is 2. The molecule has 0 aliphatic carbocycles. The average molecular weight is 306 g/mol. The number of aryl methyl sites for hydroxylation is 1. The fourth-order valence-corrected chi connectivity index (χ4v) is 2.87. The molecule has 1 aromatic carbocycles. The molecule has 5 nitrogen and oxygen atoms in total. The maximum absolute atomic E-state index is 5.77. The molecular weight excluding hydrogens is 288 g/mol. The van der Waals surface area contributed by atoms with Gasteiger partial charge in [0.2, 0.25) is 0 Å². The Morgan fingerprint density at radius 2 is 1.87 bits per heavy atom. The second-order valence-corrected chi connectivity index (χ2v) is 5.89. The lowest BCUT2D eigenvalue weighted by Crippen LogP contribution is -2.50. The van der Waals surface area contributed by atoms with E-state index in [4.69, 9.17) is 9.72 Å². The molecule has 0 radical (unpaired) electrons. The van der Waals surface area contributed by atoms with Crippen LogP contribution in [-0.2, 0) is 0 Å². The first-order valence-electron chi connectivity index (χ1n) is 7.81. The summed E-state index contributed by atoms with van der Waals surface area (Å²) in [7, 11) is 0. The number of hydrogen-bond donors (Lipinski definition) is 0. The lowest BCUT2D eigenvalue weighted by Gasteiger charge is -2.40. The van der Waals surface area contributed by atoms with Crippen molar-refractivity contribution in [2.24, 2.45) is 5.92 Å². The van der Waals surface area contributed by atoms with E-state index in [2.05, 4.69) is 14.9 Å². The minimum Gasteiger partial charge on any atom is -0.492 e. The second kappa shape index (κ2) is 5.83. The van der Waals surface area contributed by atoms with Gasteiger partial charge in [0.15, 0.2) is 5.82 Å².